The van der Waals surface area contributed by atoms with E-state index in [0.29, 0.717) is 10.0 Å². The van der Waals surface area contributed by atoms with Crippen LogP contribution in [0.2, 0.25) is 0 Å². The maximum atomic E-state index is 11.3. The smallest absolute Gasteiger partial charge is 0.318 e. The van der Waals surface area contributed by atoms with Crippen molar-refractivity contribution in [3.63, 3.8) is 0 Å². The van der Waals surface area contributed by atoms with E-state index in [1.54, 1.807) is 0 Å². The summed E-state index contributed by atoms with van der Waals surface area (Å²) in [7, 11) is 0. The first-order valence-electron chi connectivity index (χ1n) is 9.19. The van der Waals surface area contributed by atoms with Gasteiger partial charge in [0.1, 0.15) is 11.4 Å². The Morgan fingerprint density at radius 3 is 1.89 bits per heavy atom. The molecule has 0 aliphatic heterocycles. The molecule has 15 nitrogen and oxygen atoms in total. The molecule has 178 valence electrons. The molecule has 0 aliphatic carbocycles. The molecular weight excluding hydrogens is 536 g/mol. The predicted octanol–water partition coefficient (Wildman–Crippen LogP) is 5.32. The highest BCUT2D eigenvalue weighted by Crippen LogP contribution is 2.37. The maximum absolute atomic E-state index is 11.3. The molecule has 0 saturated carbocycles. The van der Waals surface area contributed by atoms with Gasteiger partial charge in [0.25, 0.3) is 11.4 Å². The zero-order valence-corrected chi connectivity index (χ0v) is 18.6. The number of nitro groups is 4. The molecule has 0 amide bonds. The molecule has 0 aromatic heterocycles. The first-order valence-corrected chi connectivity index (χ1v) is 9.98. The lowest BCUT2D eigenvalue weighted by Crippen LogP contribution is -1.99. The number of benzene rings is 3. The Hall–Kier alpha value is -4.99. The van der Waals surface area contributed by atoms with Crippen LogP contribution in [0.1, 0.15) is 5.56 Å². The first-order chi connectivity index (χ1) is 16.6. The van der Waals surface area contributed by atoms with Crippen LogP contribution in [0.5, 0.6) is 11.5 Å². The lowest BCUT2D eigenvalue weighted by atomic mass is 10.2. The molecule has 3 aromatic rings. The van der Waals surface area contributed by atoms with Crippen molar-refractivity contribution in [2.45, 2.75) is 0 Å². The third kappa shape index (κ3) is 5.88. The molecule has 0 radical (unpaired) electrons. The summed E-state index contributed by atoms with van der Waals surface area (Å²) in [6.45, 7) is 0. The van der Waals surface area contributed by atoms with E-state index in [4.69, 9.17) is 4.74 Å². The van der Waals surface area contributed by atoms with Crippen molar-refractivity contribution in [2.24, 2.45) is 5.10 Å². The zero-order valence-electron chi connectivity index (χ0n) is 17.1. The van der Waals surface area contributed by atoms with E-state index in [0.717, 1.165) is 36.4 Å². The summed E-state index contributed by atoms with van der Waals surface area (Å²) in [6.07, 6.45) is 1.30. The van der Waals surface area contributed by atoms with E-state index in [2.05, 4.69) is 26.5 Å². The Morgan fingerprint density at radius 1 is 0.743 bits per heavy atom. The molecule has 3 aromatic carbocycles. The Labute approximate surface area is 202 Å². The number of nitrogens with zero attached hydrogens (tertiary/aromatic N) is 5. The number of ether oxygens (including phenoxy) is 1. The van der Waals surface area contributed by atoms with Gasteiger partial charge in [-0.15, -0.1) is 0 Å². The summed E-state index contributed by atoms with van der Waals surface area (Å²) < 4.78 is 5.89. The number of non-ortho nitro benzene ring substituents is 2. The third-order valence-corrected chi connectivity index (χ3v) is 4.93. The number of hydrogen-bond acceptors (Lipinski definition) is 11. The molecule has 0 spiro atoms. The van der Waals surface area contributed by atoms with Crippen LogP contribution in [-0.4, -0.2) is 25.9 Å². The van der Waals surface area contributed by atoms with E-state index in [-0.39, 0.29) is 17.2 Å². The van der Waals surface area contributed by atoms with E-state index in [9.17, 15) is 40.5 Å². The number of hydrogen-bond donors (Lipinski definition) is 1. The van der Waals surface area contributed by atoms with Gasteiger partial charge in [-0.2, -0.15) is 5.10 Å². The van der Waals surface area contributed by atoms with Crippen LogP contribution in [0.25, 0.3) is 0 Å². The van der Waals surface area contributed by atoms with Crippen LogP contribution in [-0.2, 0) is 0 Å². The second-order valence-electron chi connectivity index (χ2n) is 6.54. The third-order valence-electron chi connectivity index (χ3n) is 4.31. The molecule has 3 rings (SSSR count). The van der Waals surface area contributed by atoms with Gasteiger partial charge in [-0.05, 0) is 51.8 Å². The lowest BCUT2D eigenvalue weighted by Gasteiger charge is -2.09. The zero-order chi connectivity index (χ0) is 25.7. The Morgan fingerprint density at radius 2 is 1.31 bits per heavy atom. The minimum atomic E-state index is -0.805. The van der Waals surface area contributed by atoms with E-state index >= 15 is 0 Å². The van der Waals surface area contributed by atoms with Crippen LogP contribution >= 0.6 is 15.9 Å². The highest BCUT2D eigenvalue weighted by Gasteiger charge is 2.22. The second kappa shape index (κ2) is 10.3. The molecule has 0 aliphatic rings. The molecule has 0 fully saturated rings. The summed E-state index contributed by atoms with van der Waals surface area (Å²) in [5.41, 5.74) is 0.827. The molecule has 0 bridgehead atoms. The SMILES string of the molecule is O=[N+]([O-])c1ccc(N/N=C\c2ccc(Oc3ccc([N+](=O)[O-])cc3[N+](=O)[O-])c(Br)c2)c([N+](=O)[O-])c1. The normalized spacial score (nSPS) is 10.7. The summed E-state index contributed by atoms with van der Waals surface area (Å²) in [5.74, 6) is -0.0482. The Kier molecular flexibility index (Phi) is 7.25. The van der Waals surface area contributed by atoms with Gasteiger partial charge in [0.05, 0.1) is 42.5 Å². The maximum Gasteiger partial charge on any atom is 0.318 e. The number of halogens is 1. The standard InChI is InChI=1S/C19H11BrN6O9/c20-14-7-11(10-21-22-15-4-2-12(23(27)28)8-16(15)25(31)32)1-5-18(14)35-19-6-3-13(24(29)30)9-17(19)26(33)34/h1-10,22H/b21-10-. The quantitative estimate of drug-likeness (QED) is 0.207. The fourth-order valence-corrected chi connectivity index (χ4v) is 3.18. The summed E-state index contributed by atoms with van der Waals surface area (Å²) in [5, 5.41) is 48.0. The van der Waals surface area contributed by atoms with E-state index in [1.807, 2.05) is 0 Å². The van der Waals surface area contributed by atoms with E-state index < -0.39 is 42.4 Å². The number of nitro benzene ring substituents is 4. The van der Waals surface area contributed by atoms with Gasteiger partial charge in [0.15, 0.2) is 0 Å². The van der Waals surface area contributed by atoms with Crippen molar-refractivity contribution in [2.75, 3.05) is 5.43 Å². The molecule has 1 N–H and O–H groups in total. The molecule has 0 unspecified atom stereocenters. The van der Waals surface area contributed by atoms with Gasteiger partial charge < -0.3 is 4.74 Å². The Bertz CT molecular complexity index is 1400. The largest absolute Gasteiger partial charge is 0.449 e. The van der Waals surface area contributed by atoms with E-state index in [1.165, 1.54) is 24.4 Å². The summed E-state index contributed by atoms with van der Waals surface area (Å²) in [6, 6.07) is 10.5. The molecule has 0 atom stereocenters. The predicted molar refractivity (Wildman–Crippen MR) is 125 cm³/mol. The minimum absolute atomic E-state index is 0.0682. The summed E-state index contributed by atoms with van der Waals surface area (Å²) in [4.78, 5) is 41.0. The topological polar surface area (TPSA) is 206 Å². The lowest BCUT2D eigenvalue weighted by molar-refractivity contribution is -0.394. The monoisotopic (exact) mass is 546 g/mol. The molecule has 0 saturated heterocycles. The van der Waals surface area contributed by atoms with Crippen molar-refractivity contribution >= 4 is 50.6 Å². The van der Waals surface area contributed by atoms with Crippen LogP contribution in [0.15, 0.2) is 64.2 Å². The van der Waals surface area contributed by atoms with Crippen LogP contribution in [0.4, 0.5) is 28.4 Å². The van der Waals surface area contributed by atoms with Crippen molar-refractivity contribution in [3.05, 3.63) is 105 Å². The average Bonchev–Trinajstić information content (AvgIpc) is 2.80. The van der Waals surface area contributed by atoms with Gasteiger partial charge in [0.2, 0.25) is 5.75 Å². The fraction of sp³-hybridized carbons (Fsp3) is 0. The fourth-order valence-electron chi connectivity index (χ4n) is 2.70. The highest BCUT2D eigenvalue weighted by atomic mass is 79.9. The van der Waals surface area contributed by atoms with Gasteiger partial charge >= 0.3 is 11.4 Å². The van der Waals surface area contributed by atoms with Crippen LogP contribution in [0.3, 0.4) is 0 Å². The van der Waals surface area contributed by atoms with Gasteiger partial charge in [-0.1, -0.05) is 0 Å². The molecule has 0 heterocycles. The van der Waals surface area contributed by atoms with Gasteiger partial charge in [0, 0.05) is 12.1 Å². The average molecular weight is 547 g/mol. The second-order valence-corrected chi connectivity index (χ2v) is 7.40. The van der Waals surface area contributed by atoms with Crippen molar-refractivity contribution < 1.29 is 24.4 Å². The van der Waals surface area contributed by atoms with Crippen LogP contribution < -0.4 is 10.2 Å². The number of anilines is 1. The molecule has 16 heteroatoms. The number of nitrogens with one attached hydrogen (secondary N) is 1. The minimum Gasteiger partial charge on any atom is -0.449 e. The van der Waals surface area contributed by atoms with Gasteiger partial charge in [-0.3, -0.25) is 45.9 Å². The molecule has 35 heavy (non-hydrogen) atoms. The van der Waals surface area contributed by atoms with Crippen molar-refractivity contribution in [3.8, 4) is 11.5 Å². The number of hydrazone groups is 1. The van der Waals surface area contributed by atoms with Crippen LogP contribution in [0, 0.1) is 40.5 Å². The van der Waals surface area contributed by atoms with Crippen molar-refractivity contribution in [1.82, 2.24) is 0 Å². The van der Waals surface area contributed by atoms with Crippen molar-refractivity contribution in [1.29, 1.82) is 0 Å². The molecular formula is C19H11BrN6O9. The Balaban J connectivity index is 1.79. The highest BCUT2D eigenvalue weighted by molar-refractivity contribution is 9.10. The number of rotatable bonds is 9. The van der Waals surface area contributed by atoms with Gasteiger partial charge in [-0.25, -0.2) is 0 Å². The summed E-state index contributed by atoms with van der Waals surface area (Å²) >= 11 is 3.25. The first kappa shape index (κ1) is 24.6.